The van der Waals surface area contributed by atoms with Crippen LogP contribution in [0.5, 0.6) is 0 Å². The third-order valence-corrected chi connectivity index (χ3v) is 2.76. The molecule has 0 radical (unpaired) electrons. The Balaban J connectivity index is 2.32. The number of nitrogens with zero attached hydrogens (tertiary/aromatic N) is 1. The minimum atomic E-state index is -0.126. The third kappa shape index (κ3) is 2.08. The molecule has 1 aliphatic heterocycles. The zero-order valence-electron chi connectivity index (χ0n) is 9.44. The van der Waals surface area contributed by atoms with Crippen molar-refractivity contribution in [1.82, 2.24) is 10.4 Å². The smallest absolute Gasteiger partial charge is 0.120 e. The van der Waals surface area contributed by atoms with E-state index in [1.807, 2.05) is 6.07 Å². The van der Waals surface area contributed by atoms with Gasteiger partial charge in [-0.15, -0.1) is 0 Å². The molecule has 1 aromatic rings. The largest absolute Gasteiger partial charge is 0.496 e. The van der Waals surface area contributed by atoms with Crippen molar-refractivity contribution in [2.45, 2.75) is 25.8 Å². The Morgan fingerprint density at radius 3 is 3.12 bits per heavy atom. The van der Waals surface area contributed by atoms with E-state index in [1.54, 1.807) is 6.20 Å². The van der Waals surface area contributed by atoms with Crippen molar-refractivity contribution in [2.24, 2.45) is 5.84 Å². The van der Waals surface area contributed by atoms with Crippen molar-refractivity contribution in [3.63, 3.8) is 0 Å². The van der Waals surface area contributed by atoms with E-state index in [4.69, 9.17) is 10.6 Å². The summed E-state index contributed by atoms with van der Waals surface area (Å²) >= 11 is 0. The number of pyridine rings is 1. The number of hydrogen-bond donors (Lipinski definition) is 2. The molecule has 0 amide bonds. The van der Waals surface area contributed by atoms with Crippen LogP contribution in [0, 0.1) is 0 Å². The Morgan fingerprint density at radius 1 is 1.62 bits per heavy atom. The molecule has 2 heterocycles. The second-order valence-corrected chi connectivity index (χ2v) is 3.74. The summed E-state index contributed by atoms with van der Waals surface area (Å²) in [6, 6.07) is 3.89. The maximum atomic E-state index is 5.60. The molecule has 0 fully saturated rings. The Labute approximate surface area is 95.5 Å². The lowest BCUT2D eigenvalue weighted by molar-refractivity contribution is 0.214. The molecule has 0 aliphatic carbocycles. The summed E-state index contributed by atoms with van der Waals surface area (Å²) in [5, 5.41) is 0. The molecule has 1 aliphatic rings. The van der Waals surface area contributed by atoms with Crippen LogP contribution in [0.4, 0.5) is 0 Å². The SMILES string of the molecule is CCc1cccnc1C(NN)C1=CCCO1. The third-order valence-electron chi connectivity index (χ3n) is 2.76. The molecule has 4 nitrogen and oxygen atoms in total. The molecule has 2 rings (SSSR count). The number of hydrazine groups is 1. The molecule has 3 N–H and O–H groups in total. The summed E-state index contributed by atoms with van der Waals surface area (Å²) in [7, 11) is 0. The first-order valence-electron chi connectivity index (χ1n) is 5.59. The van der Waals surface area contributed by atoms with E-state index in [-0.39, 0.29) is 6.04 Å². The van der Waals surface area contributed by atoms with Crippen LogP contribution in [0.15, 0.2) is 30.2 Å². The van der Waals surface area contributed by atoms with Gasteiger partial charge in [0.15, 0.2) is 0 Å². The molecule has 86 valence electrons. The van der Waals surface area contributed by atoms with Crippen molar-refractivity contribution in [2.75, 3.05) is 6.61 Å². The summed E-state index contributed by atoms with van der Waals surface area (Å²) in [5.74, 6) is 6.48. The highest BCUT2D eigenvalue weighted by atomic mass is 16.5. The first kappa shape index (κ1) is 11.1. The highest BCUT2D eigenvalue weighted by Crippen LogP contribution is 2.26. The van der Waals surface area contributed by atoms with Crippen molar-refractivity contribution in [1.29, 1.82) is 0 Å². The molecule has 16 heavy (non-hydrogen) atoms. The van der Waals surface area contributed by atoms with Crippen molar-refractivity contribution < 1.29 is 4.74 Å². The number of aromatic nitrogens is 1. The molecule has 0 spiro atoms. The van der Waals surface area contributed by atoms with Gasteiger partial charge in [0.05, 0.1) is 12.3 Å². The Hall–Kier alpha value is -1.39. The monoisotopic (exact) mass is 219 g/mol. The first-order valence-corrected chi connectivity index (χ1v) is 5.59. The van der Waals surface area contributed by atoms with Gasteiger partial charge in [-0.25, -0.2) is 5.43 Å². The Bertz CT molecular complexity index is 390. The molecule has 4 heteroatoms. The van der Waals surface area contributed by atoms with Crippen LogP contribution in [0.2, 0.25) is 0 Å². The molecule has 1 unspecified atom stereocenters. The van der Waals surface area contributed by atoms with E-state index in [0.29, 0.717) is 0 Å². The summed E-state index contributed by atoms with van der Waals surface area (Å²) in [6.07, 6.45) is 5.74. The van der Waals surface area contributed by atoms with Gasteiger partial charge in [0.1, 0.15) is 11.8 Å². The summed E-state index contributed by atoms with van der Waals surface area (Å²) < 4.78 is 5.54. The average molecular weight is 219 g/mol. The van der Waals surface area contributed by atoms with Crippen LogP contribution in [0.25, 0.3) is 0 Å². The van der Waals surface area contributed by atoms with Gasteiger partial charge in [-0.3, -0.25) is 10.8 Å². The molecular weight excluding hydrogens is 202 g/mol. The highest BCUT2D eigenvalue weighted by Gasteiger charge is 2.22. The van der Waals surface area contributed by atoms with Crippen LogP contribution in [-0.2, 0) is 11.2 Å². The maximum absolute atomic E-state index is 5.60. The minimum Gasteiger partial charge on any atom is -0.496 e. The Morgan fingerprint density at radius 2 is 2.50 bits per heavy atom. The second-order valence-electron chi connectivity index (χ2n) is 3.74. The lowest BCUT2D eigenvalue weighted by Crippen LogP contribution is -2.31. The van der Waals surface area contributed by atoms with Gasteiger partial charge in [-0.2, -0.15) is 0 Å². The number of rotatable bonds is 4. The van der Waals surface area contributed by atoms with Crippen molar-refractivity contribution >= 4 is 0 Å². The lowest BCUT2D eigenvalue weighted by atomic mass is 10.0. The standard InChI is InChI=1S/C12H17N3O/c1-2-9-5-3-7-14-11(9)12(15-13)10-6-4-8-16-10/h3,5-7,12,15H,2,4,8,13H2,1H3. The predicted molar refractivity (Wildman–Crippen MR) is 62.3 cm³/mol. The van der Waals surface area contributed by atoms with Gasteiger partial charge in [-0.1, -0.05) is 13.0 Å². The van der Waals surface area contributed by atoms with Crippen molar-refractivity contribution in [3.8, 4) is 0 Å². The maximum Gasteiger partial charge on any atom is 0.120 e. The van der Waals surface area contributed by atoms with Gasteiger partial charge in [-0.05, 0) is 24.1 Å². The van der Waals surface area contributed by atoms with E-state index in [0.717, 1.165) is 30.9 Å². The van der Waals surface area contributed by atoms with Gasteiger partial charge in [0.25, 0.3) is 0 Å². The molecule has 0 bridgehead atoms. The summed E-state index contributed by atoms with van der Waals surface area (Å²) in [4.78, 5) is 4.40. The van der Waals surface area contributed by atoms with Crippen LogP contribution >= 0.6 is 0 Å². The lowest BCUT2D eigenvalue weighted by Gasteiger charge is -2.19. The van der Waals surface area contributed by atoms with E-state index in [1.165, 1.54) is 5.56 Å². The van der Waals surface area contributed by atoms with Gasteiger partial charge in [0, 0.05) is 12.6 Å². The summed E-state index contributed by atoms with van der Waals surface area (Å²) in [6.45, 7) is 2.85. The van der Waals surface area contributed by atoms with E-state index < -0.39 is 0 Å². The zero-order valence-corrected chi connectivity index (χ0v) is 9.44. The number of hydrogen-bond acceptors (Lipinski definition) is 4. The fourth-order valence-corrected chi connectivity index (χ4v) is 1.94. The second kappa shape index (κ2) is 5.09. The number of ether oxygens (including phenoxy) is 1. The fraction of sp³-hybridized carbons (Fsp3) is 0.417. The predicted octanol–water partition coefficient (Wildman–Crippen LogP) is 1.45. The van der Waals surface area contributed by atoms with E-state index in [9.17, 15) is 0 Å². The molecule has 0 aromatic carbocycles. The first-order chi connectivity index (χ1) is 7.86. The fourth-order valence-electron chi connectivity index (χ4n) is 1.94. The Kier molecular flexibility index (Phi) is 3.54. The number of nitrogens with two attached hydrogens (primary N) is 1. The number of aryl methyl sites for hydroxylation is 1. The highest BCUT2D eigenvalue weighted by molar-refractivity contribution is 5.28. The van der Waals surface area contributed by atoms with Gasteiger partial charge >= 0.3 is 0 Å². The van der Waals surface area contributed by atoms with E-state index >= 15 is 0 Å². The quantitative estimate of drug-likeness (QED) is 0.594. The zero-order chi connectivity index (χ0) is 11.4. The summed E-state index contributed by atoms with van der Waals surface area (Å²) in [5.41, 5.74) is 4.93. The van der Waals surface area contributed by atoms with Crippen LogP contribution in [0.1, 0.15) is 30.6 Å². The molecule has 0 saturated carbocycles. The number of nitrogens with one attached hydrogen (secondary N) is 1. The van der Waals surface area contributed by atoms with Crippen LogP contribution in [0.3, 0.4) is 0 Å². The van der Waals surface area contributed by atoms with Gasteiger partial charge < -0.3 is 4.74 Å². The molecular formula is C12H17N3O. The van der Waals surface area contributed by atoms with Crippen LogP contribution < -0.4 is 11.3 Å². The molecule has 1 atom stereocenters. The normalized spacial score (nSPS) is 16.8. The van der Waals surface area contributed by atoms with Gasteiger partial charge in [0.2, 0.25) is 0 Å². The van der Waals surface area contributed by atoms with Crippen molar-refractivity contribution in [3.05, 3.63) is 41.4 Å². The molecule has 1 aromatic heterocycles. The van der Waals surface area contributed by atoms with E-state index in [2.05, 4.69) is 29.5 Å². The molecule has 0 saturated heterocycles. The average Bonchev–Trinajstić information content (AvgIpc) is 2.84. The minimum absolute atomic E-state index is 0.126. The topological polar surface area (TPSA) is 60.2 Å². The van der Waals surface area contributed by atoms with Crippen LogP contribution in [-0.4, -0.2) is 11.6 Å².